The molecule has 0 aromatic carbocycles. The molecule has 1 N–H and O–H groups in total. The maximum absolute atomic E-state index is 12.8. The van der Waals surface area contributed by atoms with E-state index >= 15 is 0 Å². The SMILES string of the molecule is F[P-](F)(F)(F)(F)F.O=C(C(F)Cl)N1CCN(c2ccc(F)c[nH+]2)CC1. The molecule has 1 aliphatic rings. The van der Waals surface area contributed by atoms with Gasteiger partial charge in [0.15, 0.2) is 5.82 Å². The molecular weight excluding hydrogens is 409 g/mol. The maximum atomic E-state index is 12.8. The summed E-state index contributed by atoms with van der Waals surface area (Å²) in [6.07, 6.45) is 1.27. The van der Waals surface area contributed by atoms with Crippen molar-refractivity contribution in [1.29, 1.82) is 0 Å². The van der Waals surface area contributed by atoms with Gasteiger partial charge in [0, 0.05) is 6.07 Å². The minimum atomic E-state index is -10.7. The maximum Gasteiger partial charge on any atom is 0.274 e. The van der Waals surface area contributed by atoms with Crippen molar-refractivity contribution in [3.05, 3.63) is 24.1 Å². The zero-order valence-electron chi connectivity index (χ0n) is 12.3. The number of anilines is 1. The average Bonchev–Trinajstić information content (AvgIpc) is 2.44. The Morgan fingerprint density at radius 1 is 1.08 bits per heavy atom. The van der Waals surface area contributed by atoms with E-state index in [1.165, 1.54) is 17.2 Å². The van der Waals surface area contributed by atoms with Gasteiger partial charge >= 0.3 is 33.0 Å². The van der Waals surface area contributed by atoms with E-state index in [4.69, 9.17) is 11.6 Å². The number of aromatic nitrogens is 1. The molecule has 2 rings (SSSR count). The van der Waals surface area contributed by atoms with Crippen molar-refractivity contribution >= 4 is 31.1 Å². The van der Waals surface area contributed by atoms with Crippen LogP contribution in [0.1, 0.15) is 0 Å². The van der Waals surface area contributed by atoms with Gasteiger partial charge in [-0.1, -0.05) is 11.6 Å². The van der Waals surface area contributed by atoms with Crippen LogP contribution in [0.25, 0.3) is 0 Å². The third-order valence-electron chi connectivity index (χ3n) is 2.88. The van der Waals surface area contributed by atoms with Crippen molar-refractivity contribution in [2.24, 2.45) is 0 Å². The Labute approximate surface area is 141 Å². The van der Waals surface area contributed by atoms with Crippen LogP contribution in [-0.2, 0) is 4.79 Å². The minimum Gasteiger partial charge on any atom is -0.331 e. The minimum absolute atomic E-state index is 0.338. The van der Waals surface area contributed by atoms with Gasteiger partial charge in [-0.2, -0.15) is 0 Å². The Bertz CT molecular complexity index is 590. The second kappa shape index (κ2) is 6.71. The summed E-state index contributed by atoms with van der Waals surface area (Å²) >= 11 is 5.11. The number of H-pyrrole nitrogens is 1. The van der Waals surface area contributed by atoms with Crippen LogP contribution < -0.4 is 9.88 Å². The first-order chi connectivity index (χ1) is 11.0. The Kier molecular flexibility index (Phi) is 5.81. The Hall–Kier alpha value is -1.42. The predicted octanol–water partition coefficient (Wildman–Crippen LogP) is 4.21. The third kappa shape index (κ3) is 10.2. The third-order valence-corrected chi connectivity index (χ3v) is 3.06. The first kappa shape index (κ1) is 21.6. The summed E-state index contributed by atoms with van der Waals surface area (Å²) in [5.41, 5.74) is -1.98. The smallest absolute Gasteiger partial charge is 0.274 e. The van der Waals surface area contributed by atoms with Crippen LogP contribution in [0.5, 0.6) is 0 Å². The van der Waals surface area contributed by atoms with E-state index < -0.39 is 19.3 Å². The summed E-state index contributed by atoms with van der Waals surface area (Å²) in [5, 5.41) is 0. The van der Waals surface area contributed by atoms with Crippen molar-refractivity contribution < 1.29 is 43.7 Å². The van der Waals surface area contributed by atoms with Crippen LogP contribution in [0, 0.1) is 5.82 Å². The number of aromatic amines is 1. The number of rotatable bonds is 2. The molecule has 1 aromatic heterocycles. The molecular formula is C11H13ClF8N3OP. The van der Waals surface area contributed by atoms with E-state index in [-0.39, 0.29) is 5.82 Å². The summed E-state index contributed by atoms with van der Waals surface area (Å²) < 4.78 is 84.6. The van der Waals surface area contributed by atoms with Crippen molar-refractivity contribution in [3.8, 4) is 0 Å². The molecule has 4 nitrogen and oxygen atoms in total. The molecule has 25 heavy (non-hydrogen) atoms. The standard InChI is InChI=1S/C11H12ClF2N3O.F6P/c12-10(14)11(18)17-5-3-16(4-6-17)9-2-1-8(13)7-15-9;1-7(2,3,4,5)6/h1-2,7,10H,3-6H2;/q;-1/p+1. The largest absolute Gasteiger partial charge is 0.331 e. The summed E-state index contributed by atoms with van der Waals surface area (Å²) in [5.74, 6) is -0.263. The monoisotopic (exact) mass is 421 g/mol. The van der Waals surface area contributed by atoms with E-state index in [9.17, 15) is 38.8 Å². The number of piperazine rings is 1. The van der Waals surface area contributed by atoms with Crippen LogP contribution in [0.15, 0.2) is 18.3 Å². The van der Waals surface area contributed by atoms with Crippen LogP contribution in [0.4, 0.5) is 39.8 Å². The van der Waals surface area contributed by atoms with E-state index in [0.29, 0.717) is 26.2 Å². The number of hydrogen-bond donors (Lipinski definition) is 0. The molecule has 0 spiro atoms. The first-order valence-corrected chi connectivity index (χ1v) is 9.05. The van der Waals surface area contributed by atoms with Crippen LogP contribution in [0.2, 0.25) is 0 Å². The summed E-state index contributed by atoms with van der Waals surface area (Å²) in [6, 6.07) is 2.99. The second-order valence-electron chi connectivity index (χ2n) is 4.96. The number of alkyl halides is 2. The average molecular weight is 422 g/mol. The Morgan fingerprint density at radius 3 is 1.92 bits per heavy atom. The molecule has 146 valence electrons. The van der Waals surface area contributed by atoms with Gasteiger partial charge in [0.05, 0.1) is 13.1 Å². The van der Waals surface area contributed by atoms with Gasteiger partial charge < -0.3 is 4.90 Å². The number of nitrogens with zero attached hydrogens (tertiary/aromatic N) is 2. The van der Waals surface area contributed by atoms with Crippen LogP contribution >= 0.6 is 19.4 Å². The topological polar surface area (TPSA) is 37.7 Å². The molecule has 2 heterocycles. The normalized spacial score (nSPS) is 19.2. The molecule has 1 amide bonds. The van der Waals surface area contributed by atoms with Crippen LogP contribution in [0.3, 0.4) is 0 Å². The van der Waals surface area contributed by atoms with Gasteiger partial charge in [0.1, 0.15) is 19.3 Å². The fourth-order valence-corrected chi connectivity index (χ4v) is 2.04. The van der Waals surface area contributed by atoms with Crippen molar-refractivity contribution in [3.63, 3.8) is 0 Å². The first-order valence-electron chi connectivity index (χ1n) is 6.58. The molecule has 0 radical (unpaired) electrons. The molecule has 1 aromatic rings. The van der Waals surface area contributed by atoms with Crippen LogP contribution in [-0.4, -0.2) is 42.6 Å². The van der Waals surface area contributed by atoms with Gasteiger partial charge in [0.25, 0.3) is 17.4 Å². The Morgan fingerprint density at radius 2 is 1.56 bits per heavy atom. The summed E-state index contributed by atoms with van der Waals surface area (Å²) in [4.78, 5) is 17.5. The van der Waals surface area contributed by atoms with Crippen molar-refractivity contribution in [2.75, 3.05) is 31.1 Å². The quantitative estimate of drug-likeness (QED) is 0.408. The van der Waals surface area contributed by atoms with Gasteiger partial charge in [0.2, 0.25) is 0 Å². The number of amides is 1. The van der Waals surface area contributed by atoms with Crippen molar-refractivity contribution in [1.82, 2.24) is 4.90 Å². The zero-order chi connectivity index (χ0) is 19.5. The van der Waals surface area contributed by atoms with Gasteiger partial charge in [-0.25, -0.2) is 13.8 Å². The fraction of sp³-hybridized carbons (Fsp3) is 0.455. The second-order valence-corrected chi connectivity index (χ2v) is 7.26. The molecule has 1 aliphatic heterocycles. The molecule has 1 atom stereocenters. The molecule has 0 aliphatic carbocycles. The summed E-state index contributed by atoms with van der Waals surface area (Å²) in [6.45, 7) is 1.91. The molecule has 0 bridgehead atoms. The van der Waals surface area contributed by atoms with E-state index in [1.807, 2.05) is 4.90 Å². The number of hydrogen-bond acceptors (Lipinski definition) is 2. The Balaban J connectivity index is 0.000000381. The molecule has 1 saturated heterocycles. The number of carbonyl (C=O) groups excluding carboxylic acids is 1. The summed E-state index contributed by atoms with van der Waals surface area (Å²) in [7, 11) is -10.7. The number of pyridine rings is 1. The van der Waals surface area contributed by atoms with Gasteiger partial charge in [-0.3, -0.25) is 9.69 Å². The zero-order valence-corrected chi connectivity index (χ0v) is 13.9. The molecule has 14 heteroatoms. The number of halogens is 9. The number of nitrogens with one attached hydrogen (secondary N) is 1. The van der Waals surface area contributed by atoms with Crippen molar-refractivity contribution in [2.45, 2.75) is 5.63 Å². The van der Waals surface area contributed by atoms with E-state index in [1.54, 1.807) is 6.07 Å². The molecule has 1 fully saturated rings. The predicted molar refractivity (Wildman–Crippen MR) is 76.1 cm³/mol. The number of carbonyl (C=O) groups is 1. The molecule has 1 unspecified atom stereocenters. The van der Waals surface area contributed by atoms with E-state index in [0.717, 1.165) is 5.82 Å². The fourth-order valence-electron chi connectivity index (χ4n) is 1.90. The van der Waals surface area contributed by atoms with E-state index in [2.05, 4.69) is 4.98 Å². The van der Waals surface area contributed by atoms with Gasteiger partial charge in [-0.15, -0.1) is 0 Å². The van der Waals surface area contributed by atoms with Gasteiger partial charge in [-0.05, 0) is 6.07 Å². The molecule has 0 saturated carbocycles.